The van der Waals surface area contributed by atoms with Crippen molar-refractivity contribution in [3.63, 3.8) is 0 Å². The fourth-order valence-electron chi connectivity index (χ4n) is 2.55. The highest BCUT2D eigenvalue weighted by molar-refractivity contribution is 5.28. The summed E-state index contributed by atoms with van der Waals surface area (Å²) in [6.45, 7) is 0.931. The molecule has 0 aromatic heterocycles. The molecule has 106 valence electrons. The predicted octanol–water partition coefficient (Wildman–Crippen LogP) is 2.57. The van der Waals surface area contributed by atoms with Gasteiger partial charge in [-0.1, -0.05) is 24.3 Å². The van der Waals surface area contributed by atoms with Gasteiger partial charge in [-0.25, -0.2) is 0 Å². The molecule has 5 heteroatoms. The summed E-state index contributed by atoms with van der Waals surface area (Å²) in [6.07, 6.45) is -2.38. The maximum absolute atomic E-state index is 12.8. The average molecular weight is 272 g/mol. The van der Waals surface area contributed by atoms with Crippen LogP contribution in [0.3, 0.4) is 0 Å². The van der Waals surface area contributed by atoms with Crippen molar-refractivity contribution in [1.29, 1.82) is 0 Å². The Bertz CT molecular complexity index is 417. The molecule has 0 bridgehead atoms. The van der Waals surface area contributed by atoms with Crippen LogP contribution in [0.15, 0.2) is 24.3 Å². The van der Waals surface area contributed by atoms with Crippen LogP contribution >= 0.6 is 0 Å². The fraction of sp³-hybridized carbons (Fsp3) is 0.571. The van der Waals surface area contributed by atoms with Crippen LogP contribution in [0.4, 0.5) is 13.2 Å². The lowest BCUT2D eigenvalue weighted by atomic mass is 10.0. The highest BCUT2D eigenvalue weighted by Gasteiger charge is 2.39. The number of alkyl halides is 3. The standard InChI is InChI=1S/C14H19F3N2/c15-14(16,17)13(8-18)10-19-7-3-6-11-4-1-2-5-12(11)9-19/h1-2,4-5,13H,3,6-10,18H2. The van der Waals surface area contributed by atoms with E-state index in [0.29, 0.717) is 13.1 Å². The number of aryl methyl sites for hydroxylation is 1. The van der Waals surface area contributed by atoms with E-state index >= 15 is 0 Å². The molecule has 1 aromatic carbocycles. The third-order valence-electron chi connectivity index (χ3n) is 3.66. The van der Waals surface area contributed by atoms with E-state index in [1.165, 1.54) is 5.56 Å². The van der Waals surface area contributed by atoms with Crippen LogP contribution in [0.1, 0.15) is 17.5 Å². The van der Waals surface area contributed by atoms with Crippen molar-refractivity contribution in [2.75, 3.05) is 19.6 Å². The van der Waals surface area contributed by atoms with Gasteiger partial charge in [0.15, 0.2) is 0 Å². The zero-order valence-electron chi connectivity index (χ0n) is 10.8. The van der Waals surface area contributed by atoms with Crippen LogP contribution in [-0.4, -0.2) is 30.7 Å². The molecule has 0 saturated carbocycles. The van der Waals surface area contributed by atoms with E-state index in [2.05, 4.69) is 6.07 Å². The first-order valence-electron chi connectivity index (χ1n) is 6.56. The summed E-state index contributed by atoms with van der Waals surface area (Å²) < 4.78 is 38.3. The molecule has 0 saturated heterocycles. The van der Waals surface area contributed by atoms with Crippen molar-refractivity contribution < 1.29 is 13.2 Å². The van der Waals surface area contributed by atoms with Crippen molar-refractivity contribution >= 4 is 0 Å². The Kier molecular flexibility index (Phi) is 4.47. The van der Waals surface area contributed by atoms with Crippen molar-refractivity contribution in [3.05, 3.63) is 35.4 Å². The SMILES string of the molecule is NCC(CN1CCCc2ccccc2C1)C(F)(F)F. The molecular weight excluding hydrogens is 253 g/mol. The molecule has 1 aliphatic heterocycles. The van der Waals surface area contributed by atoms with Crippen LogP contribution in [-0.2, 0) is 13.0 Å². The van der Waals surface area contributed by atoms with E-state index in [1.807, 2.05) is 23.1 Å². The first kappa shape index (κ1) is 14.3. The highest BCUT2D eigenvalue weighted by Crippen LogP contribution is 2.27. The molecule has 2 N–H and O–H groups in total. The molecule has 19 heavy (non-hydrogen) atoms. The van der Waals surface area contributed by atoms with E-state index in [4.69, 9.17) is 5.73 Å². The Labute approximate surface area is 111 Å². The van der Waals surface area contributed by atoms with Crippen LogP contribution in [0.5, 0.6) is 0 Å². The molecule has 1 atom stereocenters. The van der Waals surface area contributed by atoms with Gasteiger partial charge in [-0.05, 0) is 30.5 Å². The topological polar surface area (TPSA) is 29.3 Å². The molecule has 0 aliphatic carbocycles. The third-order valence-corrected chi connectivity index (χ3v) is 3.66. The Morgan fingerprint density at radius 1 is 1.21 bits per heavy atom. The average Bonchev–Trinajstić information content (AvgIpc) is 2.56. The van der Waals surface area contributed by atoms with Crippen molar-refractivity contribution in [1.82, 2.24) is 4.90 Å². The summed E-state index contributed by atoms with van der Waals surface area (Å²) in [7, 11) is 0. The maximum Gasteiger partial charge on any atom is 0.394 e. The van der Waals surface area contributed by atoms with Gasteiger partial charge >= 0.3 is 6.18 Å². The van der Waals surface area contributed by atoms with Gasteiger partial charge in [0, 0.05) is 19.6 Å². The molecule has 2 nitrogen and oxygen atoms in total. The van der Waals surface area contributed by atoms with E-state index < -0.39 is 12.1 Å². The Morgan fingerprint density at radius 3 is 2.53 bits per heavy atom. The number of nitrogens with zero attached hydrogens (tertiary/aromatic N) is 1. The number of hydrogen-bond donors (Lipinski definition) is 1. The lowest BCUT2D eigenvalue weighted by Crippen LogP contribution is -2.40. The van der Waals surface area contributed by atoms with Gasteiger partial charge < -0.3 is 5.73 Å². The minimum absolute atomic E-state index is 0.00562. The number of fused-ring (bicyclic) bond motifs is 1. The molecule has 2 rings (SSSR count). The lowest BCUT2D eigenvalue weighted by Gasteiger charge is -2.27. The number of nitrogens with two attached hydrogens (primary N) is 1. The van der Waals surface area contributed by atoms with Crippen LogP contribution < -0.4 is 5.73 Å². The second-order valence-electron chi connectivity index (χ2n) is 5.08. The number of hydrogen-bond acceptors (Lipinski definition) is 2. The summed E-state index contributed by atoms with van der Waals surface area (Å²) >= 11 is 0. The zero-order chi connectivity index (χ0) is 13.9. The van der Waals surface area contributed by atoms with Gasteiger partial charge in [0.1, 0.15) is 0 Å². The van der Waals surface area contributed by atoms with Gasteiger partial charge in [-0.3, -0.25) is 4.90 Å². The number of benzene rings is 1. The summed E-state index contributed by atoms with van der Waals surface area (Å²) in [5.74, 6) is -1.43. The molecule has 1 aliphatic rings. The predicted molar refractivity (Wildman–Crippen MR) is 68.6 cm³/mol. The summed E-state index contributed by atoms with van der Waals surface area (Å²) in [4.78, 5) is 1.87. The summed E-state index contributed by atoms with van der Waals surface area (Å²) in [5.41, 5.74) is 7.65. The molecule has 1 aromatic rings. The monoisotopic (exact) mass is 272 g/mol. The van der Waals surface area contributed by atoms with Crippen molar-refractivity contribution in [2.45, 2.75) is 25.6 Å². The Hall–Kier alpha value is -1.07. The molecule has 0 fully saturated rings. The Balaban J connectivity index is 2.06. The van der Waals surface area contributed by atoms with Crippen LogP contribution in [0.2, 0.25) is 0 Å². The number of rotatable bonds is 3. The number of halogens is 3. The zero-order valence-corrected chi connectivity index (χ0v) is 10.8. The van der Waals surface area contributed by atoms with Crippen molar-refractivity contribution in [3.8, 4) is 0 Å². The molecule has 0 amide bonds. The molecule has 0 spiro atoms. The van der Waals surface area contributed by atoms with Gasteiger partial charge in [0.2, 0.25) is 0 Å². The largest absolute Gasteiger partial charge is 0.394 e. The van der Waals surface area contributed by atoms with E-state index in [9.17, 15) is 13.2 Å². The van der Waals surface area contributed by atoms with Crippen molar-refractivity contribution in [2.24, 2.45) is 11.7 Å². The fourth-order valence-corrected chi connectivity index (χ4v) is 2.55. The second-order valence-corrected chi connectivity index (χ2v) is 5.08. The maximum atomic E-state index is 12.8. The highest BCUT2D eigenvalue weighted by atomic mass is 19.4. The van der Waals surface area contributed by atoms with Crippen LogP contribution in [0.25, 0.3) is 0 Å². The first-order chi connectivity index (χ1) is 9.00. The summed E-state index contributed by atoms with van der Waals surface area (Å²) in [5, 5.41) is 0. The van der Waals surface area contributed by atoms with Gasteiger partial charge in [-0.2, -0.15) is 13.2 Å². The first-order valence-corrected chi connectivity index (χ1v) is 6.56. The molecule has 1 heterocycles. The molecule has 1 unspecified atom stereocenters. The molecule has 0 radical (unpaired) electrons. The minimum atomic E-state index is -4.21. The van der Waals surface area contributed by atoms with Gasteiger partial charge in [-0.15, -0.1) is 0 Å². The van der Waals surface area contributed by atoms with Crippen LogP contribution in [0, 0.1) is 5.92 Å². The van der Waals surface area contributed by atoms with E-state index in [0.717, 1.165) is 18.4 Å². The third kappa shape index (κ3) is 3.70. The molecular formula is C14H19F3N2. The van der Waals surface area contributed by atoms with Gasteiger partial charge in [0.05, 0.1) is 5.92 Å². The van der Waals surface area contributed by atoms with E-state index in [1.54, 1.807) is 0 Å². The summed E-state index contributed by atoms with van der Waals surface area (Å²) in [6, 6.07) is 7.97. The Morgan fingerprint density at radius 2 is 1.89 bits per heavy atom. The second kappa shape index (κ2) is 5.92. The normalized spacial score (nSPS) is 18.7. The minimum Gasteiger partial charge on any atom is -0.330 e. The smallest absolute Gasteiger partial charge is 0.330 e. The quantitative estimate of drug-likeness (QED) is 0.916. The lowest BCUT2D eigenvalue weighted by molar-refractivity contribution is -0.176. The van der Waals surface area contributed by atoms with E-state index in [-0.39, 0.29) is 13.1 Å². The van der Waals surface area contributed by atoms with Gasteiger partial charge in [0.25, 0.3) is 0 Å².